The molecule has 0 rings (SSSR count). The Balaban J connectivity index is 4.74. The molecule has 0 radical (unpaired) electrons. The third-order valence-electron chi connectivity index (χ3n) is 3.78. The summed E-state index contributed by atoms with van der Waals surface area (Å²) in [4.78, 5) is 28.1. The number of hydrogen-bond acceptors (Lipinski definition) is 4. The summed E-state index contributed by atoms with van der Waals surface area (Å²) in [7, 11) is 5.42. The van der Waals surface area contributed by atoms with Crippen LogP contribution in [0.5, 0.6) is 0 Å². The average molecular weight is 300 g/mol. The van der Waals surface area contributed by atoms with Crippen molar-refractivity contribution in [2.24, 2.45) is 11.8 Å². The van der Waals surface area contributed by atoms with E-state index in [1.165, 1.54) is 7.11 Å². The van der Waals surface area contributed by atoms with E-state index in [1.54, 1.807) is 0 Å². The average Bonchev–Trinajstić information content (AvgIpc) is 2.45. The number of ether oxygens (including phenoxy) is 1. The van der Waals surface area contributed by atoms with E-state index in [1.807, 2.05) is 39.8 Å². The van der Waals surface area contributed by atoms with Gasteiger partial charge >= 0.3 is 5.97 Å². The third-order valence-corrected chi connectivity index (χ3v) is 3.78. The quantitative estimate of drug-likeness (QED) is 0.579. The van der Waals surface area contributed by atoms with Gasteiger partial charge in [-0.1, -0.05) is 20.8 Å². The topological polar surface area (TPSA) is 49.9 Å². The first kappa shape index (κ1) is 19.9. The molecular formula is C16H32N2O3. The van der Waals surface area contributed by atoms with E-state index in [-0.39, 0.29) is 23.7 Å². The second-order valence-electron chi connectivity index (χ2n) is 5.88. The highest BCUT2D eigenvalue weighted by Crippen LogP contribution is 2.14. The van der Waals surface area contributed by atoms with E-state index in [9.17, 15) is 9.59 Å². The van der Waals surface area contributed by atoms with Crippen LogP contribution >= 0.6 is 0 Å². The fourth-order valence-corrected chi connectivity index (χ4v) is 2.37. The molecule has 0 heterocycles. The number of amides is 1. The van der Waals surface area contributed by atoms with E-state index in [2.05, 4.69) is 4.90 Å². The van der Waals surface area contributed by atoms with Crippen molar-refractivity contribution in [2.75, 3.05) is 40.8 Å². The van der Waals surface area contributed by atoms with Crippen LogP contribution in [-0.2, 0) is 14.3 Å². The summed E-state index contributed by atoms with van der Waals surface area (Å²) >= 11 is 0. The van der Waals surface area contributed by atoms with Crippen molar-refractivity contribution in [2.45, 2.75) is 40.0 Å². The summed E-state index contributed by atoms with van der Waals surface area (Å²) in [5.41, 5.74) is 0. The molecule has 0 aromatic carbocycles. The molecule has 0 fully saturated rings. The van der Waals surface area contributed by atoms with E-state index >= 15 is 0 Å². The number of esters is 1. The van der Waals surface area contributed by atoms with Crippen LogP contribution in [0.1, 0.15) is 40.0 Å². The molecule has 0 aliphatic heterocycles. The Morgan fingerprint density at radius 2 is 1.67 bits per heavy atom. The molecule has 1 unspecified atom stereocenters. The number of methoxy groups -OCH3 is 1. The molecule has 5 nitrogen and oxygen atoms in total. The summed E-state index contributed by atoms with van der Waals surface area (Å²) in [5.74, 6) is -0.332. The fraction of sp³-hybridized carbons (Fsp3) is 0.875. The smallest absolute Gasteiger partial charge is 0.310 e. The van der Waals surface area contributed by atoms with Gasteiger partial charge in [-0.25, -0.2) is 0 Å². The molecule has 124 valence electrons. The lowest BCUT2D eigenvalue weighted by molar-refractivity contribution is -0.147. The zero-order valence-electron chi connectivity index (χ0n) is 14.5. The molecule has 0 aromatic rings. The molecule has 0 bridgehead atoms. The van der Waals surface area contributed by atoms with Gasteiger partial charge in [0.2, 0.25) is 5.91 Å². The Bertz CT molecular complexity index is 315. The number of rotatable bonds is 10. The fourth-order valence-electron chi connectivity index (χ4n) is 2.37. The van der Waals surface area contributed by atoms with Gasteiger partial charge in [-0.2, -0.15) is 0 Å². The van der Waals surface area contributed by atoms with Gasteiger partial charge in [0.1, 0.15) is 0 Å². The van der Waals surface area contributed by atoms with Crippen molar-refractivity contribution in [3.05, 3.63) is 0 Å². The van der Waals surface area contributed by atoms with Crippen LogP contribution in [0, 0.1) is 11.8 Å². The van der Waals surface area contributed by atoms with Crippen molar-refractivity contribution >= 4 is 11.9 Å². The van der Waals surface area contributed by atoms with E-state index in [0.29, 0.717) is 13.1 Å². The minimum Gasteiger partial charge on any atom is -0.469 e. The Morgan fingerprint density at radius 3 is 2.10 bits per heavy atom. The normalized spacial score (nSPS) is 12.6. The Hall–Kier alpha value is -1.10. The predicted molar refractivity (Wildman–Crippen MR) is 85.0 cm³/mol. The van der Waals surface area contributed by atoms with Gasteiger partial charge in [-0.05, 0) is 39.9 Å². The highest BCUT2D eigenvalue weighted by molar-refractivity contribution is 5.80. The first-order chi connectivity index (χ1) is 9.87. The molecule has 1 amide bonds. The van der Waals surface area contributed by atoms with Crippen LogP contribution in [0.4, 0.5) is 0 Å². The molecule has 0 saturated carbocycles. The Kier molecular flexibility index (Phi) is 10.0. The SMILES string of the molecule is CCC(CC)C(=O)N(CCCN(C)C)CC(C)C(=O)OC. The van der Waals surface area contributed by atoms with Gasteiger partial charge in [0.15, 0.2) is 0 Å². The Labute approximate surface area is 129 Å². The molecular weight excluding hydrogens is 268 g/mol. The summed E-state index contributed by atoms with van der Waals surface area (Å²) in [5, 5.41) is 0. The van der Waals surface area contributed by atoms with E-state index < -0.39 is 0 Å². The van der Waals surface area contributed by atoms with Gasteiger partial charge in [-0.15, -0.1) is 0 Å². The minimum absolute atomic E-state index is 0.0502. The molecule has 0 N–H and O–H groups in total. The first-order valence-corrected chi connectivity index (χ1v) is 7.88. The van der Waals surface area contributed by atoms with Gasteiger partial charge < -0.3 is 14.5 Å². The van der Waals surface area contributed by atoms with Gasteiger partial charge in [-0.3, -0.25) is 9.59 Å². The Morgan fingerprint density at radius 1 is 1.10 bits per heavy atom. The van der Waals surface area contributed by atoms with Crippen molar-refractivity contribution in [1.82, 2.24) is 9.80 Å². The summed E-state index contributed by atoms with van der Waals surface area (Å²) < 4.78 is 4.76. The van der Waals surface area contributed by atoms with E-state index in [0.717, 1.165) is 25.8 Å². The molecule has 0 aliphatic rings. The molecule has 1 atom stereocenters. The lowest BCUT2D eigenvalue weighted by atomic mass is 10.0. The van der Waals surface area contributed by atoms with Crippen molar-refractivity contribution in [3.8, 4) is 0 Å². The maximum Gasteiger partial charge on any atom is 0.310 e. The standard InChI is InChI=1S/C16H32N2O3/c1-7-14(8-2)15(19)18(11-9-10-17(4)5)12-13(3)16(20)21-6/h13-14H,7-12H2,1-6H3. The highest BCUT2D eigenvalue weighted by atomic mass is 16.5. The van der Waals surface area contributed by atoms with Crippen molar-refractivity contribution in [1.29, 1.82) is 0 Å². The van der Waals surface area contributed by atoms with Crippen LogP contribution in [0.2, 0.25) is 0 Å². The first-order valence-electron chi connectivity index (χ1n) is 7.88. The number of hydrogen-bond donors (Lipinski definition) is 0. The largest absolute Gasteiger partial charge is 0.469 e. The molecule has 0 aliphatic carbocycles. The number of carbonyl (C=O) groups excluding carboxylic acids is 2. The monoisotopic (exact) mass is 300 g/mol. The second-order valence-corrected chi connectivity index (χ2v) is 5.88. The maximum absolute atomic E-state index is 12.6. The lowest BCUT2D eigenvalue weighted by Gasteiger charge is -2.29. The second kappa shape index (κ2) is 10.6. The van der Waals surface area contributed by atoms with Crippen LogP contribution in [0.25, 0.3) is 0 Å². The van der Waals surface area contributed by atoms with Crippen molar-refractivity contribution in [3.63, 3.8) is 0 Å². The van der Waals surface area contributed by atoms with Crippen LogP contribution in [-0.4, -0.2) is 62.5 Å². The zero-order chi connectivity index (χ0) is 16.4. The molecule has 21 heavy (non-hydrogen) atoms. The van der Waals surface area contributed by atoms with Crippen LogP contribution in [0.15, 0.2) is 0 Å². The van der Waals surface area contributed by atoms with Gasteiger partial charge in [0.25, 0.3) is 0 Å². The summed E-state index contributed by atoms with van der Waals surface area (Å²) in [6.07, 6.45) is 2.59. The third kappa shape index (κ3) is 7.46. The molecule has 0 aromatic heterocycles. The predicted octanol–water partition coefficient (Wildman–Crippen LogP) is 2.01. The zero-order valence-corrected chi connectivity index (χ0v) is 14.5. The number of carbonyl (C=O) groups is 2. The maximum atomic E-state index is 12.6. The lowest BCUT2D eigenvalue weighted by Crippen LogP contribution is -2.41. The molecule has 5 heteroatoms. The van der Waals surface area contributed by atoms with Crippen LogP contribution < -0.4 is 0 Å². The van der Waals surface area contributed by atoms with E-state index in [4.69, 9.17) is 4.74 Å². The summed E-state index contributed by atoms with van der Waals surface area (Å²) in [6.45, 7) is 7.94. The molecule has 0 saturated heterocycles. The summed E-state index contributed by atoms with van der Waals surface area (Å²) in [6, 6.07) is 0. The van der Waals surface area contributed by atoms with Crippen molar-refractivity contribution < 1.29 is 14.3 Å². The highest BCUT2D eigenvalue weighted by Gasteiger charge is 2.25. The molecule has 0 spiro atoms. The number of nitrogens with zero attached hydrogens (tertiary/aromatic N) is 2. The minimum atomic E-state index is -0.285. The van der Waals surface area contributed by atoms with Gasteiger partial charge in [0, 0.05) is 19.0 Å². The van der Waals surface area contributed by atoms with Crippen LogP contribution in [0.3, 0.4) is 0 Å². The van der Waals surface area contributed by atoms with Gasteiger partial charge in [0.05, 0.1) is 13.0 Å².